The summed E-state index contributed by atoms with van der Waals surface area (Å²) in [6.45, 7) is 1.36. The van der Waals surface area contributed by atoms with Gasteiger partial charge in [0, 0.05) is 6.07 Å². The molecule has 0 aromatic heterocycles. The number of amides is 1. The Bertz CT molecular complexity index is 869. The third-order valence-electron chi connectivity index (χ3n) is 3.78. The molecule has 0 unspecified atom stereocenters. The number of methoxy groups -OCH3 is 1. The van der Waals surface area contributed by atoms with Gasteiger partial charge in [-0.05, 0) is 36.8 Å². The number of nitrogens with zero attached hydrogens (tertiary/aromatic N) is 1. The standard InChI is InChI=1S/C18H21FN2O4S/c1-13(14-7-9-15(19)10-8-14)20-18(22)12-21(26(3,23)24)16-5-4-6-17(11-16)25-2/h4-11,13H,12H2,1-3H3,(H,20,22)/t13-/m1/s1. The van der Waals surface area contributed by atoms with Crippen molar-refractivity contribution in [3.63, 3.8) is 0 Å². The molecule has 0 radical (unpaired) electrons. The van der Waals surface area contributed by atoms with Gasteiger partial charge in [-0.2, -0.15) is 0 Å². The van der Waals surface area contributed by atoms with Crippen LogP contribution in [0.3, 0.4) is 0 Å². The normalized spacial score (nSPS) is 12.3. The number of nitrogens with one attached hydrogen (secondary N) is 1. The number of hydrogen-bond acceptors (Lipinski definition) is 4. The summed E-state index contributed by atoms with van der Waals surface area (Å²) in [5.41, 5.74) is 1.04. The first-order chi connectivity index (χ1) is 12.2. The minimum Gasteiger partial charge on any atom is -0.497 e. The summed E-state index contributed by atoms with van der Waals surface area (Å²) in [5, 5.41) is 2.72. The van der Waals surface area contributed by atoms with Crippen LogP contribution in [0.25, 0.3) is 0 Å². The number of benzene rings is 2. The number of carbonyl (C=O) groups excluding carboxylic acids is 1. The van der Waals surface area contributed by atoms with Crippen LogP contribution in [0.5, 0.6) is 5.75 Å². The number of rotatable bonds is 7. The molecular formula is C18H21FN2O4S. The first-order valence-electron chi connectivity index (χ1n) is 7.87. The van der Waals surface area contributed by atoms with Crippen LogP contribution in [0.2, 0.25) is 0 Å². The van der Waals surface area contributed by atoms with Gasteiger partial charge in [-0.3, -0.25) is 9.10 Å². The molecule has 1 atom stereocenters. The highest BCUT2D eigenvalue weighted by Crippen LogP contribution is 2.23. The molecule has 0 spiro atoms. The van der Waals surface area contributed by atoms with Gasteiger partial charge in [-0.25, -0.2) is 12.8 Å². The van der Waals surface area contributed by atoms with Crippen LogP contribution >= 0.6 is 0 Å². The monoisotopic (exact) mass is 380 g/mol. The van der Waals surface area contributed by atoms with E-state index in [1.54, 1.807) is 37.3 Å². The van der Waals surface area contributed by atoms with Gasteiger partial charge in [0.25, 0.3) is 0 Å². The number of carbonyl (C=O) groups is 1. The Kier molecular flexibility index (Phi) is 6.20. The minimum absolute atomic E-state index is 0.330. The molecule has 0 aliphatic carbocycles. The molecule has 8 heteroatoms. The molecule has 2 aromatic carbocycles. The van der Waals surface area contributed by atoms with Gasteiger partial charge in [0.2, 0.25) is 15.9 Å². The molecule has 0 fully saturated rings. The summed E-state index contributed by atoms with van der Waals surface area (Å²) in [5.74, 6) is -0.361. The van der Waals surface area contributed by atoms with E-state index >= 15 is 0 Å². The smallest absolute Gasteiger partial charge is 0.241 e. The quantitative estimate of drug-likeness (QED) is 0.801. The fraction of sp³-hybridized carbons (Fsp3) is 0.278. The van der Waals surface area contributed by atoms with Crippen LogP contribution in [0, 0.1) is 5.82 Å². The maximum atomic E-state index is 13.0. The summed E-state index contributed by atoms with van der Waals surface area (Å²) < 4.78 is 43.3. The molecule has 0 saturated carbocycles. The van der Waals surface area contributed by atoms with Crippen molar-refractivity contribution in [2.24, 2.45) is 0 Å². The van der Waals surface area contributed by atoms with Gasteiger partial charge in [-0.1, -0.05) is 18.2 Å². The predicted molar refractivity (Wildman–Crippen MR) is 98.1 cm³/mol. The van der Waals surface area contributed by atoms with Crippen LogP contribution < -0.4 is 14.4 Å². The highest BCUT2D eigenvalue weighted by atomic mass is 32.2. The summed E-state index contributed by atoms with van der Waals surface area (Å²) in [6, 6.07) is 11.8. The number of hydrogen-bond donors (Lipinski definition) is 1. The molecule has 0 heterocycles. The highest BCUT2D eigenvalue weighted by molar-refractivity contribution is 7.92. The molecule has 2 aromatic rings. The van der Waals surface area contributed by atoms with Crippen LogP contribution in [0.4, 0.5) is 10.1 Å². The van der Waals surface area contributed by atoms with Crippen LogP contribution in [-0.4, -0.2) is 34.2 Å². The average molecular weight is 380 g/mol. The summed E-state index contributed by atoms with van der Waals surface area (Å²) in [7, 11) is -2.20. The Morgan fingerprint density at radius 1 is 1.23 bits per heavy atom. The van der Waals surface area contributed by atoms with Gasteiger partial charge in [-0.15, -0.1) is 0 Å². The molecule has 26 heavy (non-hydrogen) atoms. The fourth-order valence-electron chi connectivity index (χ4n) is 2.42. The van der Waals surface area contributed by atoms with E-state index in [1.165, 1.54) is 25.3 Å². The van der Waals surface area contributed by atoms with E-state index in [4.69, 9.17) is 4.74 Å². The molecule has 0 bridgehead atoms. The second-order valence-corrected chi connectivity index (χ2v) is 7.72. The fourth-order valence-corrected chi connectivity index (χ4v) is 3.27. The van der Waals surface area contributed by atoms with Crippen molar-refractivity contribution in [1.82, 2.24) is 5.32 Å². The number of sulfonamides is 1. The van der Waals surface area contributed by atoms with Gasteiger partial charge in [0.1, 0.15) is 18.1 Å². The minimum atomic E-state index is -3.68. The lowest BCUT2D eigenvalue weighted by molar-refractivity contribution is -0.120. The zero-order valence-corrected chi connectivity index (χ0v) is 15.6. The Hall–Kier alpha value is -2.61. The zero-order valence-electron chi connectivity index (χ0n) is 14.8. The summed E-state index contributed by atoms with van der Waals surface area (Å²) >= 11 is 0. The Balaban J connectivity index is 2.15. The highest BCUT2D eigenvalue weighted by Gasteiger charge is 2.22. The molecule has 0 aliphatic heterocycles. The lowest BCUT2D eigenvalue weighted by Crippen LogP contribution is -2.41. The molecule has 0 saturated heterocycles. The number of halogens is 1. The van der Waals surface area contributed by atoms with E-state index in [-0.39, 0.29) is 12.4 Å². The van der Waals surface area contributed by atoms with Crippen molar-refractivity contribution in [3.05, 3.63) is 59.9 Å². The largest absolute Gasteiger partial charge is 0.497 e. The third-order valence-corrected chi connectivity index (χ3v) is 4.92. The Morgan fingerprint density at radius 2 is 1.88 bits per heavy atom. The van der Waals surface area contributed by atoms with Crippen molar-refractivity contribution in [2.75, 3.05) is 24.2 Å². The molecule has 1 amide bonds. The van der Waals surface area contributed by atoms with Crippen molar-refractivity contribution in [1.29, 1.82) is 0 Å². The van der Waals surface area contributed by atoms with Gasteiger partial charge < -0.3 is 10.1 Å². The second kappa shape index (κ2) is 8.18. The van der Waals surface area contributed by atoms with Crippen LogP contribution in [-0.2, 0) is 14.8 Å². The zero-order chi connectivity index (χ0) is 19.3. The third kappa shape index (κ3) is 5.19. The van der Waals surface area contributed by atoms with Crippen LogP contribution in [0.15, 0.2) is 48.5 Å². The van der Waals surface area contributed by atoms with E-state index in [0.717, 1.165) is 10.6 Å². The van der Waals surface area contributed by atoms with Crippen molar-refractivity contribution in [3.8, 4) is 5.75 Å². The second-order valence-electron chi connectivity index (χ2n) is 5.81. The van der Waals surface area contributed by atoms with Gasteiger partial charge >= 0.3 is 0 Å². The Morgan fingerprint density at radius 3 is 2.46 bits per heavy atom. The molecule has 1 N–H and O–H groups in total. The van der Waals surface area contributed by atoms with Crippen molar-refractivity contribution < 1.29 is 22.3 Å². The summed E-state index contributed by atoms with van der Waals surface area (Å²) in [4.78, 5) is 12.4. The van der Waals surface area contributed by atoms with E-state index in [9.17, 15) is 17.6 Å². The molecule has 0 aliphatic rings. The van der Waals surface area contributed by atoms with Crippen molar-refractivity contribution >= 4 is 21.6 Å². The lowest BCUT2D eigenvalue weighted by atomic mass is 10.1. The lowest BCUT2D eigenvalue weighted by Gasteiger charge is -2.23. The molecule has 140 valence electrons. The Labute approximate surface area is 152 Å². The van der Waals surface area contributed by atoms with E-state index in [2.05, 4.69) is 5.32 Å². The maximum Gasteiger partial charge on any atom is 0.241 e. The summed E-state index contributed by atoms with van der Waals surface area (Å²) in [6.07, 6.45) is 1.03. The van der Waals surface area contributed by atoms with Gasteiger partial charge in [0.05, 0.1) is 25.1 Å². The molecule has 2 rings (SSSR count). The predicted octanol–water partition coefficient (Wildman–Crippen LogP) is 2.48. The molecular weight excluding hydrogens is 359 g/mol. The van der Waals surface area contributed by atoms with Crippen molar-refractivity contribution in [2.45, 2.75) is 13.0 Å². The van der Waals surface area contributed by atoms with E-state index < -0.39 is 22.0 Å². The first kappa shape index (κ1) is 19.7. The average Bonchev–Trinajstić information content (AvgIpc) is 2.59. The maximum absolute atomic E-state index is 13.0. The van der Waals surface area contributed by atoms with Crippen LogP contribution in [0.1, 0.15) is 18.5 Å². The van der Waals surface area contributed by atoms with E-state index in [1.807, 2.05) is 0 Å². The number of ether oxygens (including phenoxy) is 1. The van der Waals surface area contributed by atoms with E-state index in [0.29, 0.717) is 17.0 Å². The first-order valence-corrected chi connectivity index (χ1v) is 9.72. The number of anilines is 1. The topological polar surface area (TPSA) is 75.7 Å². The van der Waals surface area contributed by atoms with Gasteiger partial charge in [0.15, 0.2) is 0 Å². The molecule has 6 nitrogen and oxygen atoms in total. The SMILES string of the molecule is COc1cccc(N(CC(=O)N[C@H](C)c2ccc(F)cc2)S(C)(=O)=O)c1.